The molecule has 10 nitrogen and oxygen atoms in total. The molecule has 0 aliphatic rings. The minimum absolute atomic E-state index is 0.00139. The van der Waals surface area contributed by atoms with Crippen molar-refractivity contribution >= 4 is 49.5 Å². The lowest BCUT2D eigenvalue weighted by atomic mass is 10.1. The normalized spacial score (nSPS) is 11.6. The molecular formula is C28H26N6O4S. The fourth-order valence-electron chi connectivity index (χ4n) is 4.52. The largest absolute Gasteiger partial charge is 0.481 e. The van der Waals surface area contributed by atoms with Gasteiger partial charge in [0, 0.05) is 37.2 Å². The van der Waals surface area contributed by atoms with E-state index in [9.17, 15) is 18.3 Å². The third-order valence-electron chi connectivity index (χ3n) is 6.56. The van der Waals surface area contributed by atoms with Crippen LogP contribution in [0.3, 0.4) is 0 Å². The van der Waals surface area contributed by atoms with Crippen LogP contribution in [0, 0.1) is 5.41 Å². The Balaban J connectivity index is 1.55. The minimum atomic E-state index is -4.16. The second-order valence-corrected chi connectivity index (χ2v) is 10.9. The fraction of sp³-hybridized carbons (Fsp3) is 0.143. The van der Waals surface area contributed by atoms with Gasteiger partial charge >= 0.3 is 5.97 Å². The van der Waals surface area contributed by atoms with Gasteiger partial charge in [-0.25, -0.2) is 13.4 Å². The number of aliphatic carboxylic acids is 1. The quantitative estimate of drug-likeness (QED) is 0.190. The number of nitrogens with zero attached hydrogens (tertiary/aromatic N) is 4. The van der Waals surface area contributed by atoms with Crippen molar-refractivity contribution in [3.63, 3.8) is 0 Å². The SMILES string of the molecule is Cn1c(Cc2ccc(C(=N)N)cc2)nc2cc(N(CCC(=O)O)S(=O)(=O)c3cccc4cccnc34)ccc21. The van der Waals surface area contributed by atoms with Crippen molar-refractivity contribution in [2.24, 2.45) is 12.8 Å². The van der Waals surface area contributed by atoms with Crippen LogP contribution in [0.5, 0.6) is 0 Å². The molecule has 0 bridgehead atoms. The van der Waals surface area contributed by atoms with E-state index in [1.165, 1.54) is 12.3 Å². The lowest BCUT2D eigenvalue weighted by Crippen LogP contribution is -2.33. The Hall–Kier alpha value is -4.77. The van der Waals surface area contributed by atoms with E-state index in [2.05, 4.69) is 4.98 Å². The Morgan fingerprint density at radius 1 is 1.08 bits per heavy atom. The molecule has 198 valence electrons. The molecule has 11 heteroatoms. The van der Waals surface area contributed by atoms with E-state index in [1.807, 2.05) is 23.7 Å². The number of nitrogen functional groups attached to an aromatic ring is 1. The van der Waals surface area contributed by atoms with Gasteiger partial charge in [0.05, 0.1) is 28.7 Å². The zero-order chi connectivity index (χ0) is 27.7. The van der Waals surface area contributed by atoms with Gasteiger partial charge in [0.1, 0.15) is 16.6 Å². The van der Waals surface area contributed by atoms with Gasteiger partial charge in [0.2, 0.25) is 0 Å². The van der Waals surface area contributed by atoms with Crippen LogP contribution < -0.4 is 10.0 Å². The lowest BCUT2D eigenvalue weighted by molar-refractivity contribution is -0.136. The summed E-state index contributed by atoms with van der Waals surface area (Å²) in [6.45, 7) is -0.255. The summed E-state index contributed by atoms with van der Waals surface area (Å²) in [5.74, 6) is -0.349. The molecule has 39 heavy (non-hydrogen) atoms. The van der Waals surface area contributed by atoms with E-state index in [0.29, 0.717) is 34.1 Å². The molecular weight excluding hydrogens is 516 g/mol. The van der Waals surface area contributed by atoms with Crippen molar-refractivity contribution in [3.8, 4) is 0 Å². The van der Waals surface area contributed by atoms with Gasteiger partial charge in [-0.1, -0.05) is 42.5 Å². The first-order chi connectivity index (χ1) is 18.6. The van der Waals surface area contributed by atoms with Crippen LogP contribution in [0.25, 0.3) is 21.9 Å². The summed E-state index contributed by atoms with van der Waals surface area (Å²) in [7, 11) is -2.28. The summed E-state index contributed by atoms with van der Waals surface area (Å²) in [5, 5.41) is 17.6. The maximum atomic E-state index is 13.9. The summed E-state index contributed by atoms with van der Waals surface area (Å²) in [5.41, 5.74) is 9.17. The Labute approximate surface area is 224 Å². The molecule has 5 rings (SSSR count). The number of hydrogen-bond donors (Lipinski definition) is 3. The molecule has 2 aromatic heterocycles. The van der Waals surface area contributed by atoms with Crippen LogP contribution in [-0.4, -0.2) is 46.4 Å². The number of carboxylic acid groups (broad SMARTS) is 1. The summed E-state index contributed by atoms with van der Waals surface area (Å²) < 4.78 is 30.9. The van der Waals surface area contributed by atoms with Gasteiger partial charge in [-0.05, 0) is 35.9 Å². The van der Waals surface area contributed by atoms with Crippen LogP contribution >= 0.6 is 0 Å². The number of amidine groups is 1. The maximum Gasteiger partial charge on any atom is 0.305 e. The van der Waals surface area contributed by atoms with E-state index in [0.717, 1.165) is 21.2 Å². The molecule has 0 amide bonds. The Morgan fingerprint density at radius 2 is 1.82 bits per heavy atom. The van der Waals surface area contributed by atoms with Gasteiger partial charge in [0.15, 0.2) is 0 Å². The number of fused-ring (bicyclic) bond motifs is 2. The molecule has 0 fully saturated rings. The number of pyridine rings is 1. The highest BCUT2D eigenvalue weighted by Gasteiger charge is 2.28. The van der Waals surface area contributed by atoms with E-state index in [4.69, 9.17) is 16.1 Å². The highest BCUT2D eigenvalue weighted by atomic mass is 32.2. The predicted molar refractivity (Wildman–Crippen MR) is 150 cm³/mol. The van der Waals surface area contributed by atoms with Crippen molar-refractivity contribution in [1.82, 2.24) is 14.5 Å². The van der Waals surface area contributed by atoms with Crippen LogP contribution in [-0.2, 0) is 28.3 Å². The zero-order valence-electron chi connectivity index (χ0n) is 21.1. The number of sulfonamides is 1. The van der Waals surface area contributed by atoms with Crippen molar-refractivity contribution in [1.29, 1.82) is 5.41 Å². The van der Waals surface area contributed by atoms with Crippen molar-refractivity contribution < 1.29 is 18.3 Å². The molecule has 3 aromatic carbocycles. The van der Waals surface area contributed by atoms with E-state index < -0.39 is 16.0 Å². The summed E-state index contributed by atoms with van der Waals surface area (Å²) >= 11 is 0. The third kappa shape index (κ3) is 5.04. The number of anilines is 1. The first kappa shape index (κ1) is 25.9. The standard InChI is InChI=1S/C28H26N6O4S/c1-33-23-12-11-21(17-22(23)32-25(33)16-18-7-9-20(10-8-18)28(29)30)34(15-13-26(35)36)39(37,38)24-6-2-4-19-5-3-14-31-27(19)24/h2-12,14,17H,13,15-16H2,1H3,(H3,29,30)(H,35,36). The number of para-hydroxylation sites is 1. The van der Waals surface area contributed by atoms with Gasteiger partial charge in [-0.2, -0.15) is 0 Å². The molecule has 5 aromatic rings. The molecule has 0 unspecified atom stereocenters. The van der Waals surface area contributed by atoms with E-state index in [1.54, 1.807) is 54.6 Å². The highest BCUT2D eigenvalue weighted by Crippen LogP contribution is 2.31. The maximum absolute atomic E-state index is 13.9. The summed E-state index contributed by atoms with van der Waals surface area (Å²) in [4.78, 5) is 20.5. The predicted octanol–water partition coefficient (Wildman–Crippen LogP) is 3.67. The van der Waals surface area contributed by atoms with Crippen LogP contribution in [0.15, 0.2) is 83.9 Å². The number of imidazole rings is 1. The Bertz CT molecular complexity index is 1830. The van der Waals surface area contributed by atoms with Gasteiger partial charge in [-0.3, -0.25) is 19.5 Å². The number of nitrogens with two attached hydrogens (primary N) is 1. The molecule has 0 saturated heterocycles. The summed E-state index contributed by atoms with van der Waals surface area (Å²) in [6, 6.07) is 20.9. The molecule has 0 atom stereocenters. The average molecular weight is 543 g/mol. The van der Waals surface area contributed by atoms with Crippen LogP contribution in [0.1, 0.15) is 23.4 Å². The second-order valence-electron chi connectivity index (χ2n) is 9.10. The van der Waals surface area contributed by atoms with E-state index in [-0.39, 0.29) is 23.7 Å². The molecule has 0 aliphatic carbocycles. The van der Waals surface area contributed by atoms with Crippen molar-refractivity contribution in [2.45, 2.75) is 17.7 Å². The number of aromatic nitrogens is 3. The van der Waals surface area contributed by atoms with Crippen LogP contribution in [0.2, 0.25) is 0 Å². The molecule has 2 heterocycles. The Kier molecular flexibility index (Phi) is 6.75. The van der Waals surface area contributed by atoms with Crippen molar-refractivity contribution in [2.75, 3.05) is 10.8 Å². The van der Waals surface area contributed by atoms with Crippen LogP contribution in [0.4, 0.5) is 5.69 Å². The lowest BCUT2D eigenvalue weighted by Gasteiger charge is -2.24. The minimum Gasteiger partial charge on any atom is -0.481 e. The zero-order valence-corrected chi connectivity index (χ0v) is 21.9. The number of aryl methyl sites for hydroxylation is 1. The average Bonchev–Trinajstić information content (AvgIpc) is 3.22. The fourth-order valence-corrected chi connectivity index (χ4v) is 6.15. The topological polar surface area (TPSA) is 155 Å². The molecule has 0 aliphatic heterocycles. The number of hydrogen-bond acceptors (Lipinski definition) is 6. The molecule has 0 spiro atoms. The monoisotopic (exact) mass is 542 g/mol. The number of carboxylic acids is 1. The van der Waals surface area contributed by atoms with Gasteiger partial charge in [0.25, 0.3) is 10.0 Å². The Morgan fingerprint density at radius 3 is 2.54 bits per heavy atom. The second kappa shape index (κ2) is 10.2. The first-order valence-corrected chi connectivity index (χ1v) is 13.6. The van der Waals surface area contributed by atoms with Gasteiger partial charge < -0.3 is 15.4 Å². The van der Waals surface area contributed by atoms with Crippen molar-refractivity contribution in [3.05, 3.63) is 95.9 Å². The number of rotatable bonds is 9. The molecule has 4 N–H and O–H groups in total. The highest BCUT2D eigenvalue weighted by molar-refractivity contribution is 7.93. The number of nitrogens with one attached hydrogen (secondary N) is 1. The first-order valence-electron chi connectivity index (χ1n) is 12.1. The number of benzene rings is 3. The van der Waals surface area contributed by atoms with E-state index >= 15 is 0 Å². The number of carbonyl (C=O) groups is 1. The molecule has 0 radical (unpaired) electrons. The smallest absolute Gasteiger partial charge is 0.305 e. The molecule has 0 saturated carbocycles. The van der Waals surface area contributed by atoms with Gasteiger partial charge in [-0.15, -0.1) is 0 Å². The summed E-state index contributed by atoms with van der Waals surface area (Å²) in [6.07, 6.45) is 1.67. The third-order valence-corrected chi connectivity index (χ3v) is 8.42.